The number of anilines is 3. The highest BCUT2D eigenvalue weighted by molar-refractivity contribution is 5.44. The zero-order valence-electron chi connectivity index (χ0n) is 18.2. The lowest BCUT2D eigenvalue weighted by atomic mass is 10.0. The minimum atomic E-state index is 0.389. The van der Waals surface area contributed by atoms with Gasteiger partial charge in [-0.2, -0.15) is 4.98 Å². The third-order valence-corrected chi connectivity index (χ3v) is 5.80. The molecule has 0 aromatic carbocycles. The third-order valence-electron chi connectivity index (χ3n) is 5.80. The lowest BCUT2D eigenvalue weighted by molar-refractivity contribution is 0.122. The molecule has 162 valence electrons. The van der Waals surface area contributed by atoms with E-state index in [1.807, 2.05) is 43.7 Å². The number of rotatable bonds is 6. The highest BCUT2D eigenvalue weighted by Gasteiger charge is 2.25. The number of aromatic nitrogens is 4. The second kappa shape index (κ2) is 9.53. The Kier molecular flexibility index (Phi) is 6.59. The van der Waals surface area contributed by atoms with E-state index >= 15 is 0 Å². The number of likely N-dealkylation sites (N-methyl/N-ethyl adjacent to an activating group) is 1. The Labute approximate surface area is 178 Å². The van der Waals surface area contributed by atoms with Crippen LogP contribution in [-0.4, -0.2) is 91.4 Å². The summed E-state index contributed by atoms with van der Waals surface area (Å²) in [5, 5.41) is 0. The molecule has 2 aliphatic heterocycles. The van der Waals surface area contributed by atoms with E-state index in [0.717, 1.165) is 82.1 Å². The number of nitrogens with zero attached hydrogens (tertiary/aromatic N) is 8. The Hall–Kier alpha value is -2.52. The molecule has 2 aliphatic rings. The van der Waals surface area contributed by atoms with Crippen molar-refractivity contribution in [3.63, 3.8) is 0 Å². The fraction of sp³-hybridized carbons (Fsp3) is 0.619. The Bertz CT molecular complexity index is 809. The molecule has 0 spiro atoms. The largest absolute Gasteiger partial charge is 0.378 e. The predicted octanol–water partition coefficient (Wildman–Crippen LogP) is 1.27. The van der Waals surface area contributed by atoms with Crippen LogP contribution in [0.2, 0.25) is 0 Å². The van der Waals surface area contributed by atoms with E-state index in [1.54, 1.807) is 0 Å². The summed E-state index contributed by atoms with van der Waals surface area (Å²) in [6.07, 6.45) is 8.05. The van der Waals surface area contributed by atoms with Crippen molar-refractivity contribution >= 4 is 17.7 Å². The number of piperidine rings is 1. The minimum Gasteiger partial charge on any atom is -0.378 e. The summed E-state index contributed by atoms with van der Waals surface area (Å²) < 4.78 is 5.46. The summed E-state index contributed by atoms with van der Waals surface area (Å²) in [6.45, 7) is 6.22. The molecule has 0 radical (unpaired) electrons. The van der Waals surface area contributed by atoms with Gasteiger partial charge in [0.15, 0.2) is 0 Å². The van der Waals surface area contributed by atoms with Crippen molar-refractivity contribution in [1.82, 2.24) is 24.8 Å². The summed E-state index contributed by atoms with van der Waals surface area (Å²) in [5.74, 6) is 2.53. The highest BCUT2D eigenvalue weighted by atomic mass is 16.5. The van der Waals surface area contributed by atoms with Gasteiger partial charge in [-0.1, -0.05) is 0 Å². The van der Waals surface area contributed by atoms with Gasteiger partial charge >= 0.3 is 0 Å². The van der Waals surface area contributed by atoms with Crippen LogP contribution >= 0.6 is 0 Å². The SMILES string of the molecule is CN(C)c1ncc(CN2CCCC(N(C)c3nccc(N4CCOCC4)n3)C2)cn1. The molecule has 0 saturated carbocycles. The van der Waals surface area contributed by atoms with Crippen LogP contribution in [0.15, 0.2) is 24.7 Å². The molecule has 2 aromatic rings. The second-order valence-electron chi connectivity index (χ2n) is 8.24. The van der Waals surface area contributed by atoms with Gasteiger partial charge in [0.25, 0.3) is 0 Å². The maximum atomic E-state index is 5.46. The zero-order chi connectivity index (χ0) is 20.9. The lowest BCUT2D eigenvalue weighted by Crippen LogP contribution is -2.47. The molecule has 1 unspecified atom stereocenters. The van der Waals surface area contributed by atoms with Crippen molar-refractivity contribution in [3.05, 3.63) is 30.2 Å². The molecule has 2 aromatic heterocycles. The molecule has 0 amide bonds. The Morgan fingerprint density at radius 1 is 1.03 bits per heavy atom. The van der Waals surface area contributed by atoms with Gasteiger partial charge in [0.1, 0.15) is 5.82 Å². The van der Waals surface area contributed by atoms with E-state index in [4.69, 9.17) is 9.72 Å². The van der Waals surface area contributed by atoms with Gasteiger partial charge in [-0.05, 0) is 25.5 Å². The second-order valence-corrected chi connectivity index (χ2v) is 8.24. The van der Waals surface area contributed by atoms with Crippen LogP contribution in [0.5, 0.6) is 0 Å². The molecule has 0 N–H and O–H groups in total. The number of morpholine rings is 1. The lowest BCUT2D eigenvalue weighted by Gasteiger charge is -2.38. The van der Waals surface area contributed by atoms with E-state index < -0.39 is 0 Å². The van der Waals surface area contributed by atoms with Crippen LogP contribution in [0.3, 0.4) is 0 Å². The molecular formula is C21H32N8O. The van der Waals surface area contributed by atoms with Crippen molar-refractivity contribution in [2.45, 2.75) is 25.4 Å². The Morgan fingerprint density at radius 2 is 1.80 bits per heavy atom. The van der Waals surface area contributed by atoms with Gasteiger partial charge in [-0.25, -0.2) is 15.0 Å². The van der Waals surface area contributed by atoms with E-state index in [1.165, 1.54) is 0 Å². The van der Waals surface area contributed by atoms with Crippen molar-refractivity contribution in [2.75, 3.05) is 75.2 Å². The molecule has 9 nitrogen and oxygen atoms in total. The van der Waals surface area contributed by atoms with Crippen LogP contribution in [0.1, 0.15) is 18.4 Å². The van der Waals surface area contributed by atoms with Crippen LogP contribution in [-0.2, 0) is 11.3 Å². The van der Waals surface area contributed by atoms with Crippen molar-refractivity contribution in [2.24, 2.45) is 0 Å². The fourth-order valence-corrected chi connectivity index (χ4v) is 4.05. The standard InChI is InChI=1S/C21H32N8O/c1-26(2)20-23-13-17(14-24-20)15-28-8-4-5-18(16-28)27(3)21-22-7-6-19(25-21)29-9-11-30-12-10-29/h6-7,13-14,18H,4-5,8-12,15-16H2,1-3H3. The summed E-state index contributed by atoms with van der Waals surface area (Å²) in [6, 6.07) is 2.38. The molecule has 30 heavy (non-hydrogen) atoms. The normalized spacial score (nSPS) is 20.2. The van der Waals surface area contributed by atoms with Crippen LogP contribution in [0.4, 0.5) is 17.7 Å². The maximum absolute atomic E-state index is 5.46. The highest BCUT2D eigenvalue weighted by Crippen LogP contribution is 2.22. The molecule has 0 bridgehead atoms. The molecule has 9 heteroatoms. The van der Waals surface area contributed by atoms with Crippen molar-refractivity contribution in [1.29, 1.82) is 0 Å². The number of hydrogen-bond acceptors (Lipinski definition) is 9. The van der Waals surface area contributed by atoms with Gasteiger partial charge in [-0.15, -0.1) is 0 Å². The first-order valence-corrected chi connectivity index (χ1v) is 10.7. The Morgan fingerprint density at radius 3 is 2.53 bits per heavy atom. The average molecular weight is 413 g/mol. The number of hydrogen-bond donors (Lipinski definition) is 0. The van der Waals surface area contributed by atoms with E-state index in [-0.39, 0.29) is 0 Å². The van der Waals surface area contributed by atoms with Gasteiger partial charge in [0.2, 0.25) is 11.9 Å². The number of ether oxygens (including phenoxy) is 1. The maximum Gasteiger partial charge on any atom is 0.227 e. The van der Waals surface area contributed by atoms with Crippen LogP contribution in [0, 0.1) is 0 Å². The van der Waals surface area contributed by atoms with E-state index in [2.05, 4.69) is 36.7 Å². The molecule has 0 aliphatic carbocycles. The molecule has 4 rings (SSSR count). The number of likely N-dealkylation sites (tertiary alicyclic amines) is 1. The Balaban J connectivity index is 1.39. The van der Waals surface area contributed by atoms with Crippen LogP contribution < -0.4 is 14.7 Å². The summed E-state index contributed by atoms with van der Waals surface area (Å²) in [4.78, 5) is 27.2. The summed E-state index contributed by atoms with van der Waals surface area (Å²) in [5.41, 5.74) is 1.15. The summed E-state index contributed by atoms with van der Waals surface area (Å²) >= 11 is 0. The minimum absolute atomic E-state index is 0.389. The molecule has 1 atom stereocenters. The third kappa shape index (κ3) is 4.96. The van der Waals surface area contributed by atoms with Gasteiger partial charge in [0.05, 0.1) is 13.2 Å². The fourth-order valence-electron chi connectivity index (χ4n) is 4.05. The van der Waals surface area contributed by atoms with Crippen molar-refractivity contribution in [3.8, 4) is 0 Å². The summed E-state index contributed by atoms with van der Waals surface area (Å²) in [7, 11) is 6.02. The van der Waals surface area contributed by atoms with Gasteiger partial charge in [0, 0.05) is 77.5 Å². The first-order valence-electron chi connectivity index (χ1n) is 10.7. The van der Waals surface area contributed by atoms with Gasteiger partial charge < -0.3 is 19.4 Å². The van der Waals surface area contributed by atoms with Crippen LogP contribution in [0.25, 0.3) is 0 Å². The molecule has 2 saturated heterocycles. The van der Waals surface area contributed by atoms with Gasteiger partial charge in [-0.3, -0.25) is 4.90 Å². The van der Waals surface area contributed by atoms with Crippen molar-refractivity contribution < 1.29 is 4.74 Å². The quantitative estimate of drug-likeness (QED) is 0.697. The van der Waals surface area contributed by atoms with E-state index in [0.29, 0.717) is 6.04 Å². The smallest absolute Gasteiger partial charge is 0.227 e. The average Bonchev–Trinajstić information content (AvgIpc) is 2.80. The molecule has 2 fully saturated rings. The predicted molar refractivity (Wildman–Crippen MR) is 118 cm³/mol. The molecule has 4 heterocycles. The zero-order valence-corrected chi connectivity index (χ0v) is 18.2. The monoisotopic (exact) mass is 412 g/mol. The first kappa shape index (κ1) is 20.7. The first-order chi connectivity index (χ1) is 14.6. The molecular weight excluding hydrogens is 380 g/mol. The topological polar surface area (TPSA) is 73.8 Å². The van der Waals surface area contributed by atoms with E-state index in [9.17, 15) is 0 Å².